The summed E-state index contributed by atoms with van der Waals surface area (Å²) in [6.07, 6.45) is 4.47. The maximum Gasteiger partial charge on any atom is 0.250 e. The molecule has 0 bridgehead atoms. The number of aryl methyl sites for hydroxylation is 1. The zero-order valence-electron chi connectivity index (χ0n) is 11.2. The molecule has 1 aromatic carbocycles. The Morgan fingerprint density at radius 1 is 1.38 bits per heavy atom. The molecule has 6 heteroatoms. The quantitative estimate of drug-likeness (QED) is 0.640. The molecule has 0 aliphatic heterocycles. The van der Waals surface area contributed by atoms with Crippen LogP contribution in [-0.4, -0.2) is 11.0 Å². The van der Waals surface area contributed by atoms with E-state index >= 15 is 0 Å². The second-order valence-electron chi connectivity index (χ2n) is 4.26. The summed E-state index contributed by atoms with van der Waals surface area (Å²) in [4.78, 5) is 11.7. The van der Waals surface area contributed by atoms with Gasteiger partial charge in [-0.15, -0.1) is 0 Å². The van der Waals surface area contributed by atoms with Gasteiger partial charge in [-0.3, -0.25) is 10.1 Å². The third kappa shape index (κ3) is 4.84. The SMILES string of the molecule is Cc1ccc(NC(=S)NC(=O)C=Cc2ccco2)cc1Br. The summed E-state index contributed by atoms with van der Waals surface area (Å²) >= 11 is 8.53. The Labute approximate surface area is 136 Å². The van der Waals surface area contributed by atoms with Gasteiger partial charge in [0.1, 0.15) is 5.76 Å². The Kier molecular flexibility index (Phi) is 5.30. The average Bonchev–Trinajstić information content (AvgIpc) is 2.94. The van der Waals surface area contributed by atoms with Crippen LogP contribution in [0.25, 0.3) is 6.08 Å². The lowest BCUT2D eigenvalue weighted by Gasteiger charge is -2.09. The molecule has 2 aromatic rings. The van der Waals surface area contributed by atoms with Crippen molar-refractivity contribution in [3.63, 3.8) is 0 Å². The highest BCUT2D eigenvalue weighted by molar-refractivity contribution is 9.10. The summed E-state index contributed by atoms with van der Waals surface area (Å²) in [5.41, 5.74) is 1.92. The molecule has 4 nitrogen and oxygen atoms in total. The van der Waals surface area contributed by atoms with Crippen LogP contribution >= 0.6 is 28.1 Å². The van der Waals surface area contributed by atoms with Gasteiger partial charge in [-0.1, -0.05) is 22.0 Å². The van der Waals surface area contributed by atoms with Gasteiger partial charge >= 0.3 is 0 Å². The number of hydrogen-bond acceptors (Lipinski definition) is 3. The number of anilines is 1. The van der Waals surface area contributed by atoms with Crippen molar-refractivity contribution in [3.8, 4) is 0 Å². The predicted octanol–water partition coefficient (Wildman–Crippen LogP) is 3.88. The fourth-order valence-electron chi connectivity index (χ4n) is 1.53. The first-order chi connectivity index (χ1) is 10.0. The summed E-state index contributed by atoms with van der Waals surface area (Å²) in [5, 5.41) is 5.74. The minimum atomic E-state index is -0.324. The third-order valence-electron chi connectivity index (χ3n) is 2.61. The first-order valence-electron chi connectivity index (χ1n) is 6.14. The zero-order valence-corrected chi connectivity index (χ0v) is 13.6. The van der Waals surface area contributed by atoms with Crippen molar-refractivity contribution >= 4 is 50.9 Å². The molecule has 0 atom stereocenters. The maximum atomic E-state index is 11.7. The molecule has 21 heavy (non-hydrogen) atoms. The molecule has 0 unspecified atom stereocenters. The molecule has 0 aliphatic rings. The predicted molar refractivity (Wildman–Crippen MR) is 91.0 cm³/mol. The van der Waals surface area contributed by atoms with Gasteiger partial charge in [0.15, 0.2) is 5.11 Å². The lowest BCUT2D eigenvalue weighted by atomic mass is 10.2. The van der Waals surface area contributed by atoms with Crippen LogP contribution in [0.1, 0.15) is 11.3 Å². The minimum Gasteiger partial charge on any atom is -0.465 e. The second kappa shape index (κ2) is 7.19. The molecule has 0 saturated heterocycles. The molecule has 0 fully saturated rings. The van der Waals surface area contributed by atoms with Gasteiger partial charge in [0.25, 0.3) is 0 Å². The Morgan fingerprint density at radius 3 is 2.86 bits per heavy atom. The van der Waals surface area contributed by atoms with Crippen molar-refractivity contribution in [2.45, 2.75) is 6.92 Å². The van der Waals surface area contributed by atoms with Crippen molar-refractivity contribution in [1.29, 1.82) is 0 Å². The van der Waals surface area contributed by atoms with E-state index in [-0.39, 0.29) is 11.0 Å². The average molecular weight is 365 g/mol. The number of hydrogen-bond donors (Lipinski definition) is 2. The molecule has 1 amide bonds. The standard InChI is InChI=1S/C15H13BrN2O2S/c1-10-4-5-11(9-13(10)16)17-15(21)18-14(19)7-6-12-3-2-8-20-12/h2-9H,1H3,(H2,17,18,19,21). The molecule has 2 rings (SSSR count). The molecular formula is C15H13BrN2O2S. The van der Waals surface area contributed by atoms with Crippen molar-refractivity contribution < 1.29 is 9.21 Å². The van der Waals surface area contributed by atoms with Crippen LogP contribution in [0.2, 0.25) is 0 Å². The highest BCUT2D eigenvalue weighted by atomic mass is 79.9. The van der Waals surface area contributed by atoms with Gasteiger partial charge in [0.05, 0.1) is 6.26 Å². The topological polar surface area (TPSA) is 54.3 Å². The van der Waals surface area contributed by atoms with Gasteiger partial charge in [-0.2, -0.15) is 0 Å². The van der Waals surface area contributed by atoms with E-state index in [1.807, 2.05) is 25.1 Å². The number of thiocarbonyl (C=S) groups is 1. The molecule has 1 aromatic heterocycles. The van der Waals surface area contributed by atoms with E-state index < -0.39 is 0 Å². The van der Waals surface area contributed by atoms with Crippen molar-refractivity contribution in [2.24, 2.45) is 0 Å². The fourth-order valence-corrected chi connectivity index (χ4v) is 2.13. The summed E-state index contributed by atoms with van der Waals surface area (Å²) in [6, 6.07) is 9.24. The highest BCUT2D eigenvalue weighted by Crippen LogP contribution is 2.20. The molecule has 2 N–H and O–H groups in total. The molecular weight excluding hydrogens is 352 g/mol. The van der Waals surface area contributed by atoms with Crippen LogP contribution < -0.4 is 10.6 Å². The second-order valence-corrected chi connectivity index (χ2v) is 5.52. The van der Waals surface area contributed by atoms with Crippen LogP contribution in [0.4, 0.5) is 5.69 Å². The zero-order chi connectivity index (χ0) is 15.2. The van der Waals surface area contributed by atoms with Gasteiger partial charge in [-0.25, -0.2) is 0 Å². The number of furan rings is 1. The van der Waals surface area contributed by atoms with E-state index in [0.29, 0.717) is 5.76 Å². The first-order valence-corrected chi connectivity index (χ1v) is 7.34. The molecule has 0 spiro atoms. The van der Waals surface area contributed by atoms with Crippen LogP contribution in [0.15, 0.2) is 51.6 Å². The van der Waals surface area contributed by atoms with Gasteiger partial charge in [-0.05, 0) is 55.0 Å². The van der Waals surface area contributed by atoms with E-state index in [1.54, 1.807) is 24.5 Å². The molecule has 0 saturated carbocycles. The minimum absolute atomic E-state index is 0.236. The van der Waals surface area contributed by atoms with Crippen LogP contribution in [0.5, 0.6) is 0 Å². The fraction of sp³-hybridized carbons (Fsp3) is 0.0667. The number of carbonyl (C=O) groups excluding carboxylic acids is 1. The summed E-state index contributed by atoms with van der Waals surface area (Å²) in [6.45, 7) is 1.99. The van der Waals surface area contributed by atoms with Crippen molar-refractivity contribution in [3.05, 3.63) is 58.5 Å². The van der Waals surface area contributed by atoms with E-state index in [9.17, 15) is 4.79 Å². The van der Waals surface area contributed by atoms with E-state index in [1.165, 1.54) is 6.08 Å². The summed E-state index contributed by atoms with van der Waals surface area (Å²) in [5.74, 6) is 0.279. The van der Waals surface area contributed by atoms with Gasteiger partial charge < -0.3 is 9.73 Å². The largest absolute Gasteiger partial charge is 0.465 e. The van der Waals surface area contributed by atoms with Gasteiger partial charge in [0.2, 0.25) is 5.91 Å². The number of rotatable bonds is 3. The lowest BCUT2D eigenvalue weighted by Crippen LogP contribution is -2.32. The Balaban J connectivity index is 1.89. The van der Waals surface area contributed by atoms with Crippen molar-refractivity contribution in [2.75, 3.05) is 5.32 Å². The Hall–Kier alpha value is -1.92. The number of halogens is 1. The maximum absolute atomic E-state index is 11.7. The first kappa shape index (κ1) is 15.5. The van der Waals surface area contributed by atoms with Gasteiger partial charge in [0, 0.05) is 16.2 Å². The number of benzene rings is 1. The van der Waals surface area contributed by atoms with E-state index in [2.05, 4.69) is 26.6 Å². The number of amides is 1. The van der Waals surface area contributed by atoms with E-state index in [4.69, 9.17) is 16.6 Å². The molecule has 108 valence electrons. The molecule has 0 aliphatic carbocycles. The van der Waals surface area contributed by atoms with E-state index in [0.717, 1.165) is 15.7 Å². The van der Waals surface area contributed by atoms with Crippen LogP contribution in [0, 0.1) is 6.92 Å². The third-order valence-corrected chi connectivity index (χ3v) is 3.67. The van der Waals surface area contributed by atoms with Crippen LogP contribution in [-0.2, 0) is 4.79 Å². The normalized spacial score (nSPS) is 10.6. The van der Waals surface area contributed by atoms with Crippen LogP contribution in [0.3, 0.4) is 0 Å². The lowest BCUT2D eigenvalue weighted by molar-refractivity contribution is -0.115. The number of nitrogens with one attached hydrogen (secondary N) is 2. The monoisotopic (exact) mass is 364 g/mol. The Morgan fingerprint density at radius 2 is 2.19 bits per heavy atom. The summed E-state index contributed by atoms with van der Waals surface area (Å²) < 4.78 is 6.06. The molecule has 0 radical (unpaired) electrons. The Bertz CT molecular complexity index is 681. The molecule has 1 heterocycles. The summed E-state index contributed by atoms with van der Waals surface area (Å²) in [7, 11) is 0. The smallest absolute Gasteiger partial charge is 0.250 e. The number of carbonyl (C=O) groups is 1. The highest BCUT2D eigenvalue weighted by Gasteiger charge is 2.03. The van der Waals surface area contributed by atoms with Crippen molar-refractivity contribution in [1.82, 2.24) is 5.32 Å².